The number of carboxylic acids is 1. The molecule has 0 radical (unpaired) electrons. The molecule has 4 N–H and O–H groups in total. The number of carbonyl (C=O) groups excluding carboxylic acids is 1. The van der Waals surface area contributed by atoms with Gasteiger partial charge in [-0.25, -0.2) is 9.59 Å². The fourth-order valence-electron chi connectivity index (χ4n) is 1.62. The van der Waals surface area contributed by atoms with E-state index in [0.717, 1.165) is 0 Å². The predicted octanol–water partition coefficient (Wildman–Crippen LogP) is 1.64. The van der Waals surface area contributed by atoms with Crippen LogP contribution in [0.5, 0.6) is 5.75 Å². The number of aromatic hydroxyl groups is 1. The number of carboxylic acid groups (broad SMARTS) is 1. The van der Waals surface area contributed by atoms with Gasteiger partial charge < -0.3 is 25.6 Å². The van der Waals surface area contributed by atoms with Crippen molar-refractivity contribution in [3.8, 4) is 5.75 Å². The largest absolute Gasteiger partial charge is 0.505 e. The van der Waals surface area contributed by atoms with Crippen LogP contribution in [0, 0.1) is 0 Å². The van der Waals surface area contributed by atoms with Crippen LogP contribution in [0.15, 0.2) is 18.2 Å². The predicted molar refractivity (Wildman–Crippen MR) is 73.2 cm³/mol. The Balaban J connectivity index is 2.76. The van der Waals surface area contributed by atoms with Crippen LogP contribution in [0.2, 0.25) is 0 Å². The molecule has 1 aromatic rings. The van der Waals surface area contributed by atoms with Gasteiger partial charge in [-0.1, -0.05) is 13.0 Å². The minimum absolute atomic E-state index is 0.0367. The maximum atomic E-state index is 11.8. The minimum Gasteiger partial charge on any atom is -0.505 e. The number of ether oxygens (including phenoxy) is 1. The average Bonchev–Trinajstić information content (AvgIpc) is 2.40. The third-order valence-corrected chi connectivity index (χ3v) is 2.71. The fraction of sp³-hybridized carbons (Fsp3) is 0.385. The smallest absolute Gasteiger partial charge is 0.339 e. The summed E-state index contributed by atoms with van der Waals surface area (Å²) in [7, 11) is 1.53. The summed E-state index contributed by atoms with van der Waals surface area (Å²) in [6, 6.07) is 3.40. The number of benzene rings is 1. The molecule has 1 atom stereocenters. The van der Waals surface area contributed by atoms with Gasteiger partial charge in [-0.15, -0.1) is 0 Å². The normalized spacial score (nSPS) is 11.7. The van der Waals surface area contributed by atoms with Crippen molar-refractivity contribution in [1.29, 1.82) is 0 Å². The summed E-state index contributed by atoms with van der Waals surface area (Å²) in [4.78, 5) is 22.6. The van der Waals surface area contributed by atoms with Crippen molar-refractivity contribution in [3.05, 3.63) is 23.8 Å². The van der Waals surface area contributed by atoms with E-state index in [1.165, 1.54) is 25.3 Å². The van der Waals surface area contributed by atoms with Crippen molar-refractivity contribution in [2.24, 2.45) is 0 Å². The van der Waals surface area contributed by atoms with E-state index in [0.29, 0.717) is 13.0 Å². The van der Waals surface area contributed by atoms with Gasteiger partial charge in [0.05, 0.1) is 18.3 Å². The van der Waals surface area contributed by atoms with Crippen LogP contribution in [0.1, 0.15) is 23.7 Å². The van der Waals surface area contributed by atoms with Crippen molar-refractivity contribution >= 4 is 17.7 Å². The maximum absolute atomic E-state index is 11.8. The Kier molecular flexibility index (Phi) is 5.79. The first kappa shape index (κ1) is 15.8. The van der Waals surface area contributed by atoms with Crippen LogP contribution >= 0.6 is 0 Å². The van der Waals surface area contributed by atoms with Gasteiger partial charge in [0.2, 0.25) is 0 Å². The second-order valence-corrected chi connectivity index (χ2v) is 4.17. The van der Waals surface area contributed by atoms with E-state index >= 15 is 0 Å². The van der Waals surface area contributed by atoms with Crippen molar-refractivity contribution in [3.63, 3.8) is 0 Å². The van der Waals surface area contributed by atoms with Crippen LogP contribution in [0.3, 0.4) is 0 Å². The lowest BCUT2D eigenvalue weighted by molar-refractivity contribution is 0.0693. The number of nitrogens with one attached hydrogen (secondary N) is 2. The highest BCUT2D eigenvalue weighted by atomic mass is 16.5. The summed E-state index contributed by atoms with van der Waals surface area (Å²) in [6.07, 6.45) is 0.683. The van der Waals surface area contributed by atoms with Crippen LogP contribution in [0.25, 0.3) is 0 Å². The molecular weight excluding hydrogens is 264 g/mol. The number of aromatic carboxylic acids is 1. The second kappa shape index (κ2) is 7.34. The number of carbonyl (C=O) groups is 2. The van der Waals surface area contributed by atoms with E-state index in [2.05, 4.69) is 10.6 Å². The molecule has 0 saturated carbocycles. The Morgan fingerprint density at radius 2 is 2.10 bits per heavy atom. The maximum Gasteiger partial charge on any atom is 0.339 e. The van der Waals surface area contributed by atoms with Crippen molar-refractivity contribution < 1.29 is 24.5 Å². The number of methoxy groups -OCH3 is 1. The molecular formula is C13H18N2O5. The Morgan fingerprint density at radius 3 is 2.65 bits per heavy atom. The summed E-state index contributed by atoms with van der Waals surface area (Å²) < 4.78 is 4.95. The molecule has 2 amide bonds. The zero-order chi connectivity index (χ0) is 15.1. The molecule has 0 heterocycles. The molecule has 1 aromatic carbocycles. The van der Waals surface area contributed by atoms with Crippen LogP contribution < -0.4 is 10.6 Å². The molecule has 1 unspecified atom stereocenters. The summed E-state index contributed by atoms with van der Waals surface area (Å²) in [5, 5.41) is 23.7. The topological polar surface area (TPSA) is 108 Å². The molecule has 0 aliphatic heterocycles. The van der Waals surface area contributed by atoms with Gasteiger partial charge in [-0.3, -0.25) is 0 Å². The number of anilines is 1. The first-order chi connectivity index (χ1) is 9.49. The lowest BCUT2D eigenvalue weighted by Crippen LogP contribution is -2.40. The van der Waals surface area contributed by atoms with E-state index in [1.54, 1.807) is 0 Å². The minimum atomic E-state index is -1.27. The molecule has 0 aliphatic rings. The molecule has 110 valence electrons. The quantitative estimate of drug-likeness (QED) is 0.593. The molecule has 0 fully saturated rings. The molecule has 7 nitrogen and oxygen atoms in total. The van der Waals surface area contributed by atoms with E-state index in [4.69, 9.17) is 9.84 Å². The summed E-state index contributed by atoms with van der Waals surface area (Å²) in [5.41, 5.74) is -0.235. The Morgan fingerprint density at radius 1 is 1.40 bits per heavy atom. The van der Waals surface area contributed by atoms with Gasteiger partial charge in [0.1, 0.15) is 5.56 Å². The van der Waals surface area contributed by atoms with Gasteiger partial charge in [-0.05, 0) is 18.6 Å². The van der Waals surface area contributed by atoms with Gasteiger partial charge in [0, 0.05) is 7.11 Å². The van der Waals surface area contributed by atoms with Gasteiger partial charge >= 0.3 is 12.0 Å². The van der Waals surface area contributed by atoms with Crippen molar-refractivity contribution in [1.82, 2.24) is 5.32 Å². The number of amides is 2. The van der Waals surface area contributed by atoms with Gasteiger partial charge in [-0.2, -0.15) is 0 Å². The number of urea groups is 1. The third-order valence-electron chi connectivity index (χ3n) is 2.71. The molecule has 0 aromatic heterocycles. The molecule has 0 saturated heterocycles. The van der Waals surface area contributed by atoms with E-state index < -0.39 is 17.7 Å². The molecule has 0 bridgehead atoms. The Hall–Kier alpha value is -2.28. The molecule has 0 aliphatic carbocycles. The number of hydrogen-bond acceptors (Lipinski definition) is 4. The Labute approximate surface area is 116 Å². The number of phenols is 1. The van der Waals surface area contributed by atoms with Gasteiger partial charge in [0.25, 0.3) is 0 Å². The SMILES string of the molecule is CCC(COC)NC(=O)Nc1cccc(C(=O)O)c1O. The van der Waals surface area contributed by atoms with E-state index in [-0.39, 0.29) is 17.3 Å². The number of hydrogen-bond donors (Lipinski definition) is 4. The van der Waals surface area contributed by atoms with Crippen LogP contribution in [0.4, 0.5) is 10.5 Å². The van der Waals surface area contributed by atoms with Crippen LogP contribution in [-0.2, 0) is 4.74 Å². The standard InChI is InChI=1S/C13H18N2O5/c1-3-8(7-20-2)14-13(19)15-10-6-4-5-9(11(10)16)12(17)18/h4-6,8,16H,3,7H2,1-2H3,(H,17,18)(H2,14,15,19). The van der Waals surface area contributed by atoms with Crippen molar-refractivity contribution in [2.45, 2.75) is 19.4 Å². The first-order valence-corrected chi connectivity index (χ1v) is 6.11. The lowest BCUT2D eigenvalue weighted by atomic mass is 10.1. The highest BCUT2D eigenvalue weighted by molar-refractivity contribution is 5.97. The fourth-order valence-corrected chi connectivity index (χ4v) is 1.62. The molecule has 0 spiro atoms. The van der Waals surface area contributed by atoms with E-state index in [9.17, 15) is 14.7 Å². The number of rotatable bonds is 6. The van der Waals surface area contributed by atoms with Crippen LogP contribution in [-0.4, -0.2) is 42.0 Å². The van der Waals surface area contributed by atoms with E-state index in [1.807, 2.05) is 6.92 Å². The molecule has 1 rings (SSSR count). The summed E-state index contributed by atoms with van der Waals surface area (Å²) in [6.45, 7) is 2.26. The highest BCUT2D eigenvalue weighted by Gasteiger charge is 2.16. The third kappa shape index (κ3) is 4.13. The highest BCUT2D eigenvalue weighted by Crippen LogP contribution is 2.27. The zero-order valence-corrected chi connectivity index (χ0v) is 11.3. The first-order valence-electron chi connectivity index (χ1n) is 6.11. The average molecular weight is 282 g/mol. The number of para-hydroxylation sites is 1. The Bertz CT molecular complexity index is 490. The molecule has 7 heteroatoms. The molecule has 20 heavy (non-hydrogen) atoms. The zero-order valence-electron chi connectivity index (χ0n) is 11.3. The lowest BCUT2D eigenvalue weighted by Gasteiger charge is -2.17. The monoisotopic (exact) mass is 282 g/mol. The van der Waals surface area contributed by atoms with Crippen molar-refractivity contribution in [2.75, 3.05) is 19.0 Å². The second-order valence-electron chi connectivity index (χ2n) is 4.17. The summed E-state index contributed by atoms with van der Waals surface area (Å²) in [5.74, 6) is -1.74. The van der Waals surface area contributed by atoms with Gasteiger partial charge in [0.15, 0.2) is 5.75 Å². The summed E-state index contributed by atoms with van der Waals surface area (Å²) >= 11 is 0.